The van der Waals surface area contributed by atoms with Crippen LogP contribution in [0.2, 0.25) is 0 Å². The van der Waals surface area contributed by atoms with Crippen LogP contribution in [0.25, 0.3) is 6.08 Å². The van der Waals surface area contributed by atoms with E-state index in [-0.39, 0.29) is 11.1 Å². The van der Waals surface area contributed by atoms with Crippen molar-refractivity contribution >= 4 is 29.6 Å². The molecule has 32 heavy (non-hydrogen) atoms. The topological polar surface area (TPSA) is 91.4 Å². The summed E-state index contributed by atoms with van der Waals surface area (Å²) in [5.41, 5.74) is 2.27. The number of anilines is 1. The molecule has 0 fully saturated rings. The lowest BCUT2D eigenvalue weighted by Gasteiger charge is -2.19. The van der Waals surface area contributed by atoms with Crippen LogP contribution in [0.5, 0.6) is 11.5 Å². The third-order valence-corrected chi connectivity index (χ3v) is 5.06. The van der Waals surface area contributed by atoms with Crippen LogP contribution in [-0.2, 0) is 19.1 Å². The maximum absolute atomic E-state index is 13.4. The number of rotatable bonds is 6. The fraction of sp³-hybridized carbons (Fsp3) is 0.208. The highest BCUT2D eigenvalue weighted by atomic mass is 16.5. The van der Waals surface area contributed by atoms with E-state index in [2.05, 4.69) is 0 Å². The van der Waals surface area contributed by atoms with Gasteiger partial charge in [-0.25, -0.2) is 9.59 Å². The monoisotopic (exact) mass is 437 g/mol. The lowest BCUT2D eigenvalue weighted by molar-refractivity contribution is -0.136. The fourth-order valence-electron chi connectivity index (χ4n) is 3.45. The second-order valence-corrected chi connectivity index (χ2v) is 6.80. The number of ether oxygens (including phenoxy) is 4. The molecule has 0 bridgehead atoms. The van der Waals surface area contributed by atoms with Crippen molar-refractivity contribution in [2.24, 2.45) is 0 Å². The molecule has 1 amide bonds. The summed E-state index contributed by atoms with van der Waals surface area (Å²) in [6, 6.07) is 11.5. The zero-order valence-corrected chi connectivity index (χ0v) is 18.4. The van der Waals surface area contributed by atoms with Gasteiger partial charge < -0.3 is 18.9 Å². The molecular weight excluding hydrogens is 414 g/mol. The Hall–Kier alpha value is -4.07. The van der Waals surface area contributed by atoms with Gasteiger partial charge in [-0.15, -0.1) is 0 Å². The summed E-state index contributed by atoms with van der Waals surface area (Å²) in [5.74, 6) is -0.532. The zero-order chi connectivity index (χ0) is 23.4. The molecule has 166 valence electrons. The molecule has 0 spiro atoms. The van der Waals surface area contributed by atoms with Crippen LogP contribution in [0.1, 0.15) is 22.8 Å². The van der Waals surface area contributed by atoms with Gasteiger partial charge in [-0.2, -0.15) is 0 Å². The predicted octanol–water partition coefficient (Wildman–Crippen LogP) is 3.37. The Morgan fingerprint density at radius 2 is 1.47 bits per heavy atom. The van der Waals surface area contributed by atoms with Gasteiger partial charge in [-0.05, 0) is 42.8 Å². The maximum atomic E-state index is 13.4. The molecule has 3 rings (SSSR count). The van der Waals surface area contributed by atoms with Crippen molar-refractivity contribution < 1.29 is 33.3 Å². The number of allylic oxidation sites excluding steroid dienone is 1. The Morgan fingerprint density at radius 1 is 0.844 bits per heavy atom. The van der Waals surface area contributed by atoms with Gasteiger partial charge in [0.05, 0.1) is 50.8 Å². The first-order valence-corrected chi connectivity index (χ1v) is 9.62. The molecular formula is C24H23NO7. The first kappa shape index (κ1) is 22.6. The summed E-state index contributed by atoms with van der Waals surface area (Å²) < 4.78 is 20.2. The van der Waals surface area contributed by atoms with Gasteiger partial charge >= 0.3 is 11.9 Å². The first-order valence-electron chi connectivity index (χ1n) is 9.62. The largest absolute Gasteiger partial charge is 0.493 e. The number of hydrogen-bond donors (Lipinski definition) is 0. The molecule has 0 saturated heterocycles. The standard InChI is InChI=1S/C24H23NO7/c1-14-21(24(28)32-5)18(12-15-6-8-16(9-7-15)23(27)31-4)22(26)25(14)17-10-11-19(29-2)20(13-17)30-3/h6-13H,1-5H3/b18-12-. The Labute approximate surface area is 185 Å². The summed E-state index contributed by atoms with van der Waals surface area (Å²) in [6.45, 7) is 1.67. The van der Waals surface area contributed by atoms with Crippen molar-refractivity contribution in [3.8, 4) is 11.5 Å². The average Bonchev–Trinajstić information content (AvgIpc) is 3.07. The van der Waals surface area contributed by atoms with Gasteiger partial charge in [0.25, 0.3) is 5.91 Å². The third-order valence-electron chi connectivity index (χ3n) is 5.06. The zero-order valence-electron chi connectivity index (χ0n) is 18.4. The number of amides is 1. The van der Waals surface area contributed by atoms with Crippen molar-refractivity contribution in [3.63, 3.8) is 0 Å². The Bertz CT molecular complexity index is 1130. The van der Waals surface area contributed by atoms with E-state index in [0.717, 1.165) is 0 Å². The normalized spacial score (nSPS) is 14.6. The maximum Gasteiger partial charge on any atom is 0.340 e. The number of carbonyl (C=O) groups excluding carboxylic acids is 3. The van der Waals surface area contributed by atoms with E-state index in [1.165, 1.54) is 33.3 Å². The van der Waals surface area contributed by atoms with Crippen molar-refractivity contribution in [3.05, 3.63) is 70.4 Å². The molecule has 8 nitrogen and oxygen atoms in total. The quantitative estimate of drug-likeness (QED) is 0.505. The molecule has 8 heteroatoms. The van der Waals surface area contributed by atoms with Crippen LogP contribution in [0, 0.1) is 0 Å². The summed E-state index contributed by atoms with van der Waals surface area (Å²) in [4.78, 5) is 39.0. The number of benzene rings is 2. The van der Waals surface area contributed by atoms with Crippen LogP contribution < -0.4 is 14.4 Å². The minimum absolute atomic E-state index is 0.157. The molecule has 2 aromatic rings. The van der Waals surface area contributed by atoms with E-state index in [1.54, 1.807) is 55.5 Å². The average molecular weight is 437 g/mol. The second-order valence-electron chi connectivity index (χ2n) is 6.80. The Balaban J connectivity index is 2.08. The highest BCUT2D eigenvalue weighted by molar-refractivity contribution is 6.23. The minimum atomic E-state index is -0.628. The lowest BCUT2D eigenvalue weighted by Crippen LogP contribution is -2.24. The molecule has 0 atom stereocenters. The summed E-state index contributed by atoms with van der Waals surface area (Å²) in [6.07, 6.45) is 1.58. The summed E-state index contributed by atoms with van der Waals surface area (Å²) in [5, 5.41) is 0. The van der Waals surface area contributed by atoms with E-state index < -0.39 is 17.8 Å². The van der Waals surface area contributed by atoms with E-state index in [1.807, 2.05) is 0 Å². The van der Waals surface area contributed by atoms with Gasteiger partial charge in [-0.3, -0.25) is 9.69 Å². The predicted molar refractivity (Wildman–Crippen MR) is 118 cm³/mol. The van der Waals surface area contributed by atoms with Gasteiger partial charge in [-0.1, -0.05) is 12.1 Å². The van der Waals surface area contributed by atoms with Crippen molar-refractivity contribution in [2.45, 2.75) is 6.92 Å². The Morgan fingerprint density at radius 3 is 2.03 bits per heavy atom. The third kappa shape index (κ3) is 4.07. The second kappa shape index (κ2) is 9.38. The smallest absolute Gasteiger partial charge is 0.340 e. The number of hydrogen-bond acceptors (Lipinski definition) is 7. The van der Waals surface area contributed by atoms with Gasteiger partial charge in [0.1, 0.15) is 0 Å². The number of nitrogens with zero attached hydrogens (tertiary/aromatic N) is 1. The van der Waals surface area contributed by atoms with Crippen molar-refractivity contribution in [1.29, 1.82) is 0 Å². The van der Waals surface area contributed by atoms with Crippen LogP contribution in [0.3, 0.4) is 0 Å². The number of esters is 2. The van der Waals surface area contributed by atoms with Crippen LogP contribution >= 0.6 is 0 Å². The van der Waals surface area contributed by atoms with E-state index >= 15 is 0 Å². The molecule has 2 aromatic carbocycles. The molecule has 1 heterocycles. The summed E-state index contributed by atoms with van der Waals surface area (Å²) >= 11 is 0. The number of methoxy groups -OCH3 is 4. The molecule has 0 unspecified atom stereocenters. The van der Waals surface area contributed by atoms with E-state index in [9.17, 15) is 14.4 Å². The molecule has 0 aliphatic carbocycles. The summed E-state index contributed by atoms with van der Waals surface area (Å²) in [7, 11) is 5.58. The van der Waals surface area contributed by atoms with Crippen LogP contribution in [-0.4, -0.2) is 46.3 Å². The fourth-order valence-corrected chi connectivity index (χ4v) is 3.45. The SMILES string of the molecule is COC(=O)C1=C(C)N(c2ccc(OC)c(OC)c2)C(=O)/C1=C\c1ccc(C(=O)OC)cc1. The van der Waals surface area contributed by atoms with Gasteiger partial charge in [0, 0.05) is 11.8 Å². The molecule has 0 saturated carbocycles. The van der Waals surface area contributed by atoms with Crippen molar-refractivity contribution in [2.75, 3.05) is 33.3 Å². The lowest BCUT2D eigenvalue weighted by atomic mass is 10.0. The first-order chi connectivity index (χ1) is 15.4. The van der Waals surface area contributed by atoms with Crippen LogP contribution in [0.4, 0.5) is 5.69 Å². The van der Waals surface area contributed by atoms with Crippen molar-refractivity contribution in [1.82, 2.24) is 0 Å². The Kier molecular flexibility index (Phi) is 6.63. The highest BCUT2D eigenvalue weighted by Gasteiger charge is 2.38. The molecule has 0 N–H and O–H groups in total. The molecule has 1 aliphatic heterocycles. The molecule has 0 aromatic heterocycles. The minimum Gasteiger partial charge on any atom is -0.493 e. The van der Waals surface area contributed by atoms with Gasteiger partial charge in [0.2, 0.25) is 0 Å². The van der Waals surface area contributed by atoms with E-state index in [0.29, 0.717) is 34.0 Å². The van der Waals surface area contributed by atoms with E-state index in [4.69, 9.17) is 18.9 Å². The highest BCUT2D eigenvalue weighted by Crippen LogP contribution is 2.39. The molecule has 0 radical (unpaired) electrons. The number of carbonyl (C=O) groups is 3. The van der Waals surface area contributed by atoms with Crippen LogP contribution in [0.15, 0.2) is 59.3 Å². The molecule has 1 aliphatic rings. The van der Waals surface area contributed by atoms with Gasteiger partial charge in [0.15, 0.2) is 11.5 Å².